The molecule has 0 fully saturated rings. The summed E-state index contributed by atoms with van der Waals surface area (Å²) in [5, 5.41) is 19.6. The standard InChI is InChI=1S/C19H16BrN3O2/c1-3-23-16-7-5-4-6-15(16)22-19(23)13(11-21)8-12-9-14(20)18(24)17(10-12)25-2/h4-10,24H,3H2,1-2H3/b13-8+. The number of ether oxygens (including phenoxy) is 1. The van der Waals surface area contributed by atoms with Crippen LogP contribution >= 0.6 is 15.9 Å². The van der Waals surface area contributed by atoms with Gasteiger partial charge in [-0.2, -0.15) is 5.26 Å². The molecule has 0 aliphatic carbocycles. The summed E-state index contributed by atoms with van der Waals surface area (Å²) in [4.78, 5) is 4.61. The topological polar surface area (TPSA) is 71.1 Å². The molecule has 0 saturated carbocycles. The molecule has 0 radical (unpaired) electrons. The zero-order chi connectivity index (χ0) is 18.0. The number of fused-ring (bicyclic) bond motifs is 1. The smallest absolute Gasteiger partial charge is 0.172 e. The van der Waals surface area contributed by atoms with E-state index >= 15 is 0 Å². The van der Waals surface area contributed by atoms with Crippen molar-refractivity contribution in [3.63, 3.8) is 0 Å². The normalized spacial score (nSPS) is 11.5. The number of phenols is 1. The summed E-state index contributed by atoms with van der Waals surface area (Å²) >= 11 is 3.30. The molecule has 2 aromatic carbocycles. The van der Waals surface area contributed by atoms with E-state index in [1.807, 2.05) is 35.8 Å². The lowest BCUT2D eigenvalue weighted by molar-refractivity contribution is 0.372. The quantitative estimate of drug-likeness (QED) is 0.653. The van der Waals surface area contributed by atoms with E-state index in [2.05, 4.69) is 27.0 Å². The molecular weight excluding hydrogens is 382 g/mol. The van der Waals surface area contributed by atoms with Gasteiger partial charge in [0.2, 0.25) is 0 Å². The first-order valence-corrected chi connectivity index (χ1v) is 8.52. The van der Waals surface area contributed by atoms with Gasteiger partial charge in [-0.3, -0.25) is 0 Å². The highest BCUT2D eigenvalue weighted by Gasteiger charge is 2.14. The minimum atomic E-state index is 0.0268. The van der Waals surface area contributed by atoms with Crippen LogP contribution in [0.3, 0.4) is 0 Å². The van der Waals surface area contributed by atoms with E-state index in [-0.39, 0.29) is 5.75 Å². The number of aromatic nitrogens is 2. The third-order valence-corrected chi connectivity index (χ3v) is 4.52. The molecule has 0 saturated heterocycles. The third kappa shape index (κ3) is 3.11. The number of hydrogen-bond donors (Lipinski definition) is 1. The van der Waals surface area contributed by atoms with Crippen LogP contribution in [0.25, 0.3) is 22.7 Å². The minimum Gasteiger partial charge on any atom is -0.503 e. The lowest BCUT2D eigenvalue weighted by atomic mass is 10.1. The lowest BCUT2D eigenvalue weighted by Crippen LogP contribution is -2.00. The van der Waals surface area contributed by atoms with Crippen molar-refractivity contribution in [2.75, 3.05) is 7.11 Å². The fourth-order valence-corrected chi connectivity index (χ4v) is 3.21. The molecule has 0 aliphatic heterocycles. The number of nitrogens with zero attached hydrogens (tertiary/aromatic N) is 3. The number of aryl methyl sites for hydroxylation is 1. The number of nitriles is 1. The number of hydrogen-bond acceptors (Lipinski definition) is 4. The minimum absolute atomic E-state index is 0.0268. The van der Waals surface area contributed by atoms with Crippen LogP contribution in [-0.2, 0) is 6.54 Å². The van der Waals surface area contributed by atoms with E-state index in [1.165, 1.54) is 7.11 Å². The van der Waals surface area contributed by atoms with Gasteiger partial charge in [0.15, 0.2) is 17.3 Å². The Bertz CT molecular complexity index is 1020. The van der Waals surface area contributed by atoms with Crippen LogP contribution in [0, 0.1) is 11.3 Å². The second-order valence-electron chi connectivity index (χ2n) is 5.39. The van der Waals surface area contributed by atoms with Crippen molar-refractivity contribution in [3.8, 4) is 17.6 Å². The highest BCUT2D eigenvalue weighted by atomic mass is 79.9. The molecule has 3 aromatic rings. The zero-order valence-electron chi connectivity index (χ0n) is 13.8. The second-order valence-corrected chi connectivity index (χ2v) is 6.25. The van der Waals surface area contributed by atoms with Crippen molar-refractivity contribution in [1.29, 1.82) is 5.26 Å². The van der Waals surface area contributed by atoms with Gasteiger partial charge in [-0.05, 0) is 58.8 Å². The van der Waals surface area contributed by atoms with E-state index in [0.717, 1.165) is 16.6 Å². The molecule has 0 spiro atoms. The largest absolute Gasteiger partial charge is 0.503 e. The predicted octanol–water partition coefficient (Wildman–Crippen LogP) is 4.60. The van der Waals surface area contributed by atoms with Gasteiger partial charge in [-0.1, -0.05) is 12.1 Å². The average molecular weight is 398 g/mol. The van der Waals surface area contributed by atoms with E-state index in [1.54, 1.807) is 18.2 Å². The molecule has 25 heavy (non-hydrogen) atoms. The highest BCUT2D eigenvalue weighted by Crippen LogP contribution is 2.36. The van der Waals surface area contributed by atoms with Crippen LogP contribution in [0.15, 0.2) is 40.9 Å². The molecule has 6 heteroatoms. The molecule has 126 valence electrons. The predicted molar refractivity (Wildman–Crippen MR) is 101 cm³/mol. The van der Waals surface area contributed by atoms with Crippen LogP contribution in [0.2, 0.25) is 0 Å². The van der Waals surface area contributed by atoms with E-state index in [9.17, 15) is 10.4 Å². The fourth-order valence-electron chi connectivity index (χ4n) is 2.75. The van der Waals surface area contributed by atoms with Gasteiger partial charge in [0, 0.05) is 6.54 Å². The Labute approximate surface area is 153 Å². The third-order valence-electron chi connectivity index (χ3n) is 3.91. The van der Waals surface area contributed by atoms with Crippen LogP contribution in [0.4, 0.5) is 0 Å². The number of aromatic hydroxyl groups is 1. The van der Waals surface area contributed by atoms with Crippen LogP contribution < -0.4 is 4.74 Å². The van der Waals surface area contributed by atoms with Gasteiger partial charge in [0.1, 0.15) is 6.07 Å². The Morgan fingerprint density at radius 1 is 1.40 bits per heavy atom. The number of halogens is 1. The van der Waals surface area contributed by atoms with Crippen molar-refractivity contribution in [3.05, 3.63) is 52.3 Å². The molecule has 5 nitrogen and oxygen atoms in total. The van der Waals surface area contributed by atoms with Gasteiger partial charge in [0.25, 0.3) is 0 Å². The van der Waals surface area contributed by atoms with Crippen LogP contribution in [0.1, 0.15) is 18.3 Å². The Morgan fingerprint density at radius 2 is 2.16 bits per heavy atom. The Hall–Kier alpha value is -2.78. The molecule has 3 rings (SSSR count). The first-order chi connectivity index (χ1) is 12.1. The van der Waals surface area contributed by atoms with Gasteiger partial charge >= 0.3 is 0 Å². The molecule has 1 aromatic heterocycles. The van der Waals surface area contributed by atoms with Gasteiger partial charge in [-0.25, -0.2) is 4.98 Å². The van der Waals surface area contributed by atoms with E-state index in [0.29, 0.717) is 28.2 Å². The summed E-state index contributed by atoms with van der Waals surface area (Å²) in [5.74, 6) is 0.982. The number of para-hydroxylation sites is 2. The van der Waals surface area contributed by atoms with E-state index in [4.69, 9.17) is 4.74 Å². The maximum absolute atomic E-state index is 9.93. The molecule has 0 aliphatic rings. The second kappa shape index (κ2) is 6.99. The zero-order valence-corrected chi connectivity index (χ0v) is 15.4. The average Bonchev–Trinajstić information content (AvgIpc) is 3.00. The number of benzene rings is 2. The number of allylic oxidation sites excluding steroid dienone is 1. The number of imidazole rings is 1. The molecular formula is C19H16BrN3O2. The van der Waals surface area contributed by atoms with Crippen molar-refractivity contribution in [2.45, 2.75) is 13.5 Å². The Balaban J connectivity index is 2.17. The Morgan fingerprint density at radius 3 is 2.84 bits per heavy atom. The lowest BCUT2D eigenvalue weighted by Gasteiger charge is -2.08. The fraction of sp³-hybridized carbons (Fsp3) is 0.158. The summed E-state index contributed by atoms with van der Waals surface area (Å²) in [6.45, 7) is 2.73. The van der Waals surface area contributed by atoms with Crippen molar-refractivity contribution >= 4 is 38.6 Å². The van der Waals surface area contributed by atoms with Gasteiger partial charge in [0.05, 0.1) is 28.2 Å². The van der Waals surface area contributed by atoms with Crippen LogP contribution in [0.5, 0.6) is 11.5 Å². The van der Waals surface area contributed by atoms with Crippen molar-refractivity contribution in [2.24, 2.45) is 0 Å². The number of rotatable bonds is 4. The molecule has 1 heterocycles. The summed E-state index contributed by atoms with van der Waals surface area (Å²) in [5.41, 5.74) is 3.01. The van der Waals surface area contributed by atoms with Crippen molar-refractivity contribution < 1.29 is 9.84 Å². The van der Waals surface area contributed by atoms with Gasteiger partial charge in [-0.15, -0.1) is 0 Å². The maximum Gasteiger partial charge on any atom is 0.172 e. The maximum atomic E-state index is 9.93. The van der Waals surface area contributed by atoms with Gasteiger partial charge < -0.3 is 14.4 Å². The summed E-state index contributed by atoms with van der Waals surface area (Å²) in [7, 11) is 1.48. The SMILES string of the molecule is CCn1c(/C(C#N)=C/c2cc(Br)c(O)c(OC)c2)nc2ccccc21. The first-order valence-electron chi connectivity index (χ1n) is 7.73. The molecule has 0 bridgehead atoms. The summed E-state index contributed by atoms with van der Waals surface area (Å²) < 4.78 is 7.68. The summed E-state index contributed by atoms with van der Waals surface area (Å²) in [6.07, 6.45) is 1.74. The summed E-state index contributed by atoms with van der Waals surface area (Å²) in [6, 6.07) is 13.4. The number of methoxy groups -OCH3 is 1. The monoisotopic (exact) mass is 397 g/mol. The molecule has 0 amide bonds. The Kier molecular flexibility index (Phi) is 4.77. The highest BCUT2D eigenvalue weighted by molar-refractivity contribution is 9.10. The van der Waals surface area contributed by atoms with Crippen molar-refractivity contribution in [1.82, 2.24) is 9.55 Å². The molecule has 0 atom stereocenters. The van der Waals surface area contributed by atoms with E-state index < -0.39 is 0 Å². The van der Waals surface area contributed by atoms with Crippen LogP contribution in [-0.4, -0.2) is 21.8 Å². The number of phenolic OH excluding ortho intramolecular Hbond substituents is 1. The molecule has 1 N–H and O–H groups in total. The first kappa shape index (κ1) is 17.1. The molecule has 0 unspecified atom stereocenters.